The van der Waals surface area contributed by atoms with E-state index in [2.05, 4.69) is 9.97 Å². The molecule has 0 fully saturated rings. The van der Waals surface area contributed by atoms with E-state index < -0.39 is 29.4 Å². The van der Waals surface area contributed by atoms with Gasteiger partial charge in [0.05, 0.1) is 0 Å². The lowest BCUT2D eigenvalue weighted by Gasteiger charge is -2.10. The van der Waals surface area contributed by atoms with Crippen molar-refractivity contribution in [2.75, 3.05) is 0 Å². The molecule has 0 bridgehead atoms. The molecular weight excluding hydrogens is 240 g/mol. The molecule has 0 aliphatic rings. The molecule has 0 radical (unpaired) electrons. The normalized spacial score (nSPS) is 12.3. The molecule has 0 spiro atoms. The van der Waals surface area contributed by atoms with Crippen LogP contribution in [0.1, 0.15) is 17.1 Å². The molecule has 16 heavy (non-hydrogen) atoms. The van der Waals surface area contributed by atoms with Crippen molar-refractivity contribution in [3.63, 3.8) is 0 Å². The quantitative estimate of drug-likeness (QED) is 0.655. The lowest BCUT2D eigenvalue weighted by atomic mass is 10.2. The first-order chi connectivity index (χ1) is 7.16. The fourth-order valence-electron chi connectivity index (χ4n) is 0.816. The summed E-state index contributed by atoms with van der Waals surface area (Å²) in [6.07, 6.45) is -10.0. The molecule has 1 aromatic heterocycles. The van der Waals surface area contributed by atoms with Gasteiger partial charge < -0.3 is 0 Å². The zero-order valence-corrected chi connectivity index (χ0v) is 7.19. The summed E-state index contributed by atoms with van der Waals surface area (Å²) in [7, 11) is 0. The fourth-order valence-corrected chi connectivity index (χ4v) is 0.816. The Morgan fingerprint density at radius 2 is 1.62 bits per heavy atom. The fraction of sp³-hybridized carbons (Fsp3) is 0.286. The Balaban J connectivity index is 3.41. The van der Waals surface area contributed by atoms with Crippen molar-refractivity contribution in [2.24, 2.45) is 0 Å². The second-order valence-corrected chi connectivity index (χ2v) is 2.56. The summed E-state index contributed by atoms with van der Waals surface area (Å²) in [5.74, 6) is -1.93. The molecule has 0 atom stereocenters. The Morgan fingerprint density at radius 3 is 2.00 bits per heavy atom. The van der Waals surface area contributed by atoms with Crippen molar-refractivity contribution in [1.29, 1.82) is 5.26 Å². The zero-order chi connectivity index (χ0) is 12.6. The summed E-state index contributed by atoms with van der Waals surface area (Å²) in [5.41, 5.74) is -2.95. The van der Waals surface area contributed by atoms with Gasteiger partial charge in [-0.2, -0.15) is 31.6 Å². The maximum absolute atomic E-state index is 12.2. The third-order valence-electron chi connectivity index (χ3n) is 1.43. The Bertz CT molecular complexity index is 441. The summed E-state index contributed by atoms with van der Waals surface area (Å²) >= 11 is 0. The Hall–Kier alpha value is -1.85. The second-order valence-electron chi connectivity index (χ2n) is 2.56. The van der Waals surface area contributed by atoms with Crippen LogP contribution in [0.25, 0.3) is 0 Å². The van der Waals surface area contributed by atoms with Crippen molar-refractivity contribution >= 4 is 0 Å². The Morgan fingerprint density at radius 1 is 1.06 bits per heavy atom. The molecule has 0 aliphatic heterocycles. The van der Waals surface area contributed by atoms with Crippen LogP contribution in [-0.4, -0.2) is 9.97 Å². The van der Waals surface area contributed by atoms with Crippen LogP contribution in [0.2, 0.25) is 0 Å². The first-order valence-electron chi connectivity index (χ1n) is 3.58. The van der Waals surface area contributed by atoms with Gasteiger partial charge in [0.1, 0.15) is 11.6 Å². The number of aromatic nitrogens is 2. The molecule has 9 heteroatoms. The monoisotopic (exact) mass is 241 g/mol. The first kappa shape index (κ1) is 12.2. The highest BCUT2D eigenvalue weighted by atomic mass is 19.4. The van der Waals surface area contributed by atoms with Gasteiger partial charge in [-0.25, -0.2) is 9.97 Å². The maximum Gasteiger partial charge on any atom is 0.451 e. The van der Waals surface area contributed by atoms with E-state index in [1.54, 1.807) is 0 Å². The lowest BCUT2D eigenvalue weighted by Crippen LogP contribution is -2.18. The van der Waals surface area contributed by atoms with Crippen LogP contribution in [-0.2, 0) is 12.4 Å². The van der Waals surface area contributed by atoms with Gasteiger partial charge in [-0.15, -0.1) is 0 Å². The summed E-state index contributed by atoms with van der Waals surface area (Å²) in [6.45, 7) is 0. The summed E-state index contributed by atoms with van der Waals surface area (Å²) < 4.78 is 72.6. The van der Waals surface area contributed by atoms with E-state index in [0.29, 0.717) is 0 Å². The minimum atomic E-state index is -5.13. The Kier molecular flexibility index (Phi) is 2.77. The second kappa shape index (κ2) is 3.62. The van der Waals surface area contributed by atoms with Crippen LogP contribution in [0.3, 0.4) is 0 Å². The Labute approximate surface area is 84.4 Å². The van der Waals surface area contributed by atoms with Crippen LogP contribution >= 0.6 is 0 Å². The predicted molar refractivity (Wildman–Crippen MR) is 36.8 cm³/mol. The number of nitrogens with zero attached hydrogens (tertiary/aromatic N) is 3. The minimum absolute atomic E-state index is 0.193. The molecule has 0 saturated carbocycles. The van der Waals surface area contributed by atoms with Gasteiger partial charge in [-0.1, -0.05) is 0 Å². The SMILES string of the molecule is N#Cc1cnc(C(F)(F)F)nc1C(F)(F)F. The molecular formula is C7HF6N3. The van der Waals surface area contributed by atoms with E-state index in [1.165, 1.54) is 0 Å². The standard InChI is InChI=1S/C7HF6N3/c8-6(9,10)4-3(1-14)2-15-5(16-4)7(11,12)13/h2H. The summed E-state index contributed by atoms with van der Waals surface area (Å²) in [5, 5.41) is 8.26. The number of halogens is 6. The van der Waals surface area contributed by atoms with Gasteiger partial charge in [0.2, 0.25) is 5.82 Å². The average molecular weight is 241 g/mol. The van der Waals surface area contributed by atoms with Gasteiger partial charge in [-0.3, -0.25) is 0 Å². The molecule has 86 valence electrons. The summed E-state index contributed by atoms with van der Waals surface area (Å²) in [4.78, 5) is 4.94. The molecule has 1 rings (SSSR count). The topological polar surface area (TPSA) is 49.6 Å². The lowest BCUT2D eigenvalue weighted by molar-refractivity contribution is -0.152. The van der Waals surface area contributed by atoms with Crippen molar-refractivity contribution in [3.05, 3.63) is 23.3 Å². The van der Waals surface area contributed by atoms with E-state index in [1.807, 2.05) is 0 Å². The van der Waals surface area contributed by atoms with Crippen LogP contribution in [0.15, 0.2) is 6.20 Å². The molecule has 1 heterocycles. The third-order valence-corrected chi connectivity index (χ3v) is 1.43. The van der Waals surface area contributed by atoms with Crippen LogP contribution in [0.4, 0.5) is 26.3 Å². The van der Waals surface area contributed by atoms with E-state index >= 15 is 0 Å². The highest BCUT2D eigenvalue weighted by Crippen LogP contribution is 2.33. The van der Waals surface area contributed by atoms with Crippen LogP contribution in [0, 0.1) is 11.3 Å². The molecule has 0 saturated heterocycles. The number of hydrogen-bond acceptors (Lipinski definition) is 3. The van der Waals surface area contributed by atoms with Crippen LogP contribution in [0.5, 0.6) is 0 Å². The van der Waals surface area contributed by atoms with Crippen molar-refractivity contribution in [2.45, 2.75) is 12.4 Å². The van der Waals surface area contributed by atoms with E-state index in [4.69, 9.17) is 5.26 Å². The molecule has 1 aromatic rings. The largest absolute Gasteiger partial charge is 0.451 e. The summed E-state index contributed by atoms with van der Waals surface area (Å²) in [6, 6.07) is 1.07. The molecule has 0 aromatic carbocycles. The van der Waals surface area contributed by atoms with E-state index in [9.17, 15) is 26.3 Å². The van der Waals surface area contributed by atoms with Crippen molar-refractivity contribution in [1.82, 2.24) is 9.97 Å². The van der Waals surface area contributed by atoms with Gasteiger partial charge in [0.15, 0.2) is 5.69 Å². The molecule has 0 amide bonds. The molecule has 0 aliphatic carbocycles. The number of rotatable bonds is 0. The van der Waals surface area contributed by atoms with Crippen LogP contribution < -0.4 is 0 Å². The average Bonchev–Trinajstić information content (AvgIpc) is 2.14. The number of nitriles is 1. The molecule has 0 N–H and O–H groups in total. The van der Waals surface area contributed by atoms with Gasteiger partial charge in [0.25, 0.3) is 0 Å². The van der Waals surface area contributed by atoms with Crippen molar-refractivity contribution in [3.8, 4) is 6.07 Å². The number of alkyl halides is 6. The van der Waals surface area contributed by atoms with Gasteiger partial charge in [0, 0.05) is 6.20 Å². The van der Waals surface area contributed by atoms with Gasteiger partial charge in [-0.05, 0) is 0 Å². The van der Waals surface area contributed by atoms with E-state index in [0.717, 1.165) is 6.07 Å². The highest BCUT2D eigenvalue weighted by molar-refractivity contribution is 5.32. The highest BCUT2D eigenvalue weighted by Gasteiger charge is 2.41. The zero-order valence-electron chi connectivity index (χ0n) is 7.19. The number of hydrogen-bond donors (Lipinski definition) is 0. The van der Waals surface area contributed by atoms with Crippen molar-refractivity contribution < 1.29 is 26.3 Å². The molecule has 0 unspecified atom stereocenters. The van der Waals surface area contributed by atoms with E-state index in [-0.39, 0.29) is 6.20 Å². The maximum atomic E-state index is 12.2. The van der Waals surface area contributed by atoms with Gasteiger partial charge >= 0.3 is 12.4 Å². The molecule has 3 nitrogen and oxygen atoms in total. The first-order valence-corrected chi connectivity index (χ1v) is 3.58. The predicted octanol–water partition coefficient (Wildman–Crippen LogP) is 2.39. The minimum Gasteiger partial charge on any atom is -0.232 e. The third kappa shape index (κ3) is 2.39. The smallest absolute Gasteiger partial charge is 0.232 e.